The molecule has 1 aromatic rings. The number of nitrogens with one attached hydrogen (secondary N) is 1. The van der Waals surface area contributed by atoms with Crippen LogP contribution in [-0.2, 0) is 10.0 Å². The summed E-state index contributed by atoms with van der Waals surface area (Å²) in [5.41, 5.74) is 0. The van der Waals surface area contributed by atoms with E-state index in [1.807, 2.05) is 5.38 Å². The largest absolute Gasteiger partial charge is 0.303 e. The lowest BCUT2D eigenvalue weighted by atomic mass is 9.75. The van der Waals surface area contributed by atoms with Gasteiger partial charge in [0.15, 0.2) is 0 Å². The van der Waals surface area contributed by atoms with E-state index in [1.165, 1.54) is 50.2 Å². The lowest BCUT2D eigenvalue weighted by Gasteiger charge is -2.51. The predicted octanol–water partition coefficient (Wildman–Crippen LogP) is 2.47. The topological polar surface area (TPSA) is 52.6 Å². The third kappa shape index (κ3) is 4.17. The second kappa shape index (κ2) is 7.87. The number of likely N-dealkylation sites (tertiary alicyclic amines) is 1. The lowest BCUT2D eigenvalue weighted by molar-refractivity contribution is -0.0136. The molecular formula is C19H31N3O2S2. The number of nitrogens with zero attached hydrogens (tertiary/aromatic N) is 2. The van der Waals surface area contributed by atoms with Crippen LogP contribution in [0.4, 0.5) is 0 Å². The zero-order chi connectivity index (χ0) is 18.1. The molecule has 1 aromatic heterocycles. The van der Waals surface area contributed by atoms with Crippen LogP contribution in [0.2, 0.25) is 0 Å². The van der Waals surface area contributed by atoms with E-state index in [0.29, 0.717) is 16.8 Å². The summed E-state index contributed by atoms with van der Waals surface area (Å²) in [6.07, 6.45) is 5.10. The van der Waals surface area contributed by atoms with Crippen LogP contribution in [0.25, 0.3) is 0 Å². The minimum atomic E-state index is -3.34. The van der Waals surface area contributed by atoms with Crippen LogP contribution in [0, 0.1) is 17.8 Å². The Bertz CT molecular complexity index is 684. The number of rotatable bonds is 6. The molecule has 5 rings (SSSR count). The molecule has 4 aliphatic rings. The van der Waals surface area contributed by atoms with Crippen molar-refractivity contribution in [1.82, 2.24) is 14.5 Å². The van der Waals surface area contributed by atoms with Gasteiger partial charge in [-0.25, -0.2) is 13.1 Å². The Morgan fingerprint density at radius 1 is 1.23 bits per heavy atom. The summed E-state index contributed by atoms with van der Waals surface area (Å²) in [5, 5.41) is 1.81. The highest BCUT2D eigenvalue weighted by Crippen LogP contribution is 2.37. The molecule has 1 unspecified atom stereocenters. The quantitative estimate of drug-likeness (QED) is 0.801. The SMILES string of the molecule is CC1CCN(C[C@@H]2CN3CC[C@H]2C[C@@H]3CNS(=O)(=O)c2cccs2)CC1. The standard InChI is InChI=1S/C19H31N3O2S2/c1-15-4-7-21(8-5-15)13-17-14-22-9-6-16(17)11-18(22)12-20-26(23,24)19-3-2-10-25-19/h2-3,10,15-18,20H,4-9,11-14H2,1H3/t16-,17+,18+/m0/s1. The Balaban J connectivity index is 1.30. The van der Waals surface area contributed by atoms with Gasteiger partial charge in [0.2, 0.25) is 10.0 Å². The second-order valence-corrected chi connectivity index (χ2v) is 11.4. The number of thiophene rings is 1. The summed E-state index contributed by atoms with van der Waals surface area (Å²) >= 11 is 1.28. The highest BCUT2D eigenvalue weighted by molar-refractivity contribution is 7.91. The first-order valence-electron chi connectivity index (χ1n) is 10.0. The van der Waals surface area contributed by atoms with Gasteiger partial charge in [0.25, 0.3) is 0 Å². The van der Waals surface area contributed by atoms with Crippen molar-refractivity contribution in [3.05, 3.63) is 17.5 Å². The molecule has 0 spiro atoms. The smallest absolute Gasteiger partial charge is 0.250 e. The van der Waals surface area contributed by atoms with Gasteiger partial charge < -0.3 is 4.90 Å². The van der Waals surface area contributed by atoms with Crippen molar-refractivity contribution >= 4 is 21.4 Å². The molecule has 0 amide bonds. The van der Waals surface area contributed by atoms with Crippen molar-refractivity contribution < 1.29 is 8.42 Å². The summed E-state index contributed by atoms with van der Waals surface area (Å²) in [7, 11) is -3.34. The summed E-state index contributed by atoms with van der Waals surface area (Å²) in [6.45, 7) is 8.94. The maximum absolute atomic E-state index is 12.4. The molecule has 0 saturated carbocycles. The van der Waals surface area contributed by atoms with Crippen LogP contribution in [0.5, 0.6) is 0 Å². The third-order valence-corrected chi connectivity index (χ3v) is 9.47. The third-order valence-electron chi connectivity index (χ3n) is 6.65. The van der Waals surface area contributed by atoms with E-state index in [9.17, 15) is 8.42 Å². The summed E-state index contributed by atoms with van der Waals surface area (Å²) < 4.78 is 28.0. The van der Waals surface area contributed by atoms with Gasteiger partial charge in [-0.3, -0.25) is 4.90 Å². The van der Waals surface area contributed by atoms with Crippen molar-refractivity contribution in [2.75, 3.05) is 39.3 Å². The van der Waals surface area contributed by atoms with E-state index in [-0.39, 0.29) is 0 Å². The molecule has 1 N–H and O–H groups in total. The Labute approximate surface area is 161 Å². The van der Waals surface area contributed by atoms with Crippen molar-refractivity contribution in [2.24, 2.45) is 17.8 Å². The number of sulfonamides is 1. The van der Waals surface area contributed by atoms with Gasteiger partial charge in [-0.05, 0) is 74.5 Å². The van der Waals surface area contributed by atoms with Crippen LogP contribution in [-0.4, -0.2) is 63.5 Å². The molecule has 4 fully saturated rings. The molecule has 2 bridgehead atoms. The minimum absolute atomic E-state index is 0.362. The van der Waals surface area contributed by atoms with Gasteiger partial charge in [0.1, 0.15) is 4.21 Å². The average Bonchev–Trinajstić information content (AvgIpc) is 3.19. The van der Waals surface area contributed by atoms with Crippen LogP contribution in [0.3, 0.4) is 0 Å². The molecule has 5 heterocycles. The molecule has 0 radical (unpaired) electrons. The van der Waals surface area contributed by atoms with E-state index in [2.05, 4.69) is 21.4 Å². The van der Waals surface area contributed by atoms with Gasteiger partial charge >= 0.3 is 0 Å². The molecule has 0 aromatic carbocycles. The van der Waals surface area contributed by atoms with E-state index < -0.39 is 10.0 Å². The monoisotopic (exact) mass is 397 g/mol. The number of hydrogen-bond acceptors (Lipinski definition) is 5. The second-order valence-electron chi connectivity index (χ2n) is 8.46. The molecule has 146 valence electrons. The van der Waals surface area contributed by atoms with E-state index >= 15 is 0 Å². The Morgan fingerprint density at radius 3 is 2.69 bits per heavy atom. The van der Waals surface area contributed by atoms with Crippen molar-refractivity contribution in [2.45, 2.75) is 42.9 Å². The number of fused-ring (bicyclic) bond motifs is 3. The first-order chi connectivity index (χ1) is 12.5. The van der Waals surface area contributed by atoms with Gasteiger partial charge in [-0.1, -0.05) is 13.0 Å². The molecular weight excluding hydrogens is 366 g/mol. The summed E-state index contributed by atoms with van der Waals surface area (Å²) in [5.74, 6) is 2.41. The molecule has 4 saturated heterocycles. The van der Waals surface area contributed by atoms with Crippen molar-refractivity contribution in [1.29, 1.82) is 0 Å². The van der Waals surface area contributed by atoms with Gasteiger partial charge in [0, 0.05) is 25.7 Å². The first-order valence-corrected chi connectivity index (χ1v) is 12.4. The fourth-order valence-electron chi connectivity index (χ4n) is 4.94. The zero-order valence-electron chi connectivity index (χ0n) is 15.6. The molecule has 26 heavy (non-hydrogen) atoms. The Morgan fingerprint density at radius 2 is 2.04 bits per heavy atom. The van der Waals surface area contributed by atoms with Crippen molar-refractivity contribution in [3.8, 4) is 0 Å². The van der Waals surface area contributed by atoms with Gasteiger partial charge in [0.05, 0.1) is 0 Å². The van der Waals surface area contributed by atoms with Gasteiger partial charge in [-0.15, -0.1) is 11.3 Å². The molecule has 4 atom stereocenters. The van der Waals surface area contributed by atoms with Crippen LogP contribution >= 0.6 is 11.3 Å². The predicted molar refractivity (Wildman–Crippen MR) is 106 cm³/mol. The fourth-order valence-corrected chi connectivity index (χ4v) is 7.05. The molecule has 4 aliphatic heterocycles. The highest BCUT2D eigenvalue weighted by Gasteiger charge is 2.41. The average molecular weight is 398 g/mol. The van der Waals surface area contributed by atoms with E-state index in [4.69, 9.17) is 0 Å². The maximum atomic E-state index is 12.4. The first kappa shape index (κ1) is 18.9. The van der Waals surface area contributed by atoms with Crippen LogP contribution < -0.4 is 4.72 Å². The lowest BCUT2D eigenvalue weighted by Crippen LogP contribution is -2.58. The van der Waals surface area contributed by atoms with Crippen LogP contribution in [0.15, 0.2) is 21.7 Å². The zero-order valence-corrected chi connectivity index (χ0v) is 17.3. The number of hydrogen-bond donors (Lipinski definition) is 1. The normalized spacial score (nSPS) is 33.6. The van der Waals surface area contributed by atoms with E-state index in [1.54, 1.807) is 12.1 Å². The minimum Gasteiger partial charge on any atom is -0.303 e. The molecule has 5 nitrogen and oxygen atoms in total. The molecule has 0 aliphatic carbocycles. The van der Waals surface area contributed by atoms with Gasteiger partial charge in [-0.2, -0.15) is 0 Å². The van der Waals surface area contributed by atoms with E-state index in [0.717, 1.165) is 37.3 Å². The summed E-state index contributed by atoms with van der Waals surface area (Å²) in [4.78, 5) is 5.20. The molecule has 7 heteroatoms. The maximum Gasteiger partial charge on any atom is 0.250 e. The van der Waals surface area contributed by atoms with Crippen molar-refractivity contribution in [3.63, 3.8) is 0 Å². The Hall–Kier alpha value is -0.470. The number of piperidine rings is 4. The Kier molecular flexibility index (Phi) is 5.72. The summed E-state index contributed by atoms with van der Waals surface area (Å²) in [6, 6.07) is 3.83. The van der Waals surface area contributed by atoms with Crippen LogP contribution in [0.1, 0.15) is 32.6 Å². The highest BCUT2D eigenvalue weighted by atomic mass is 32.2. The fraction of sp³-hybridized carbons (Fsp3) is 0.789.